The van der Waals surface area contributed by atoms with Crippen molar-refractivity contribution < 1.29 is 24.3 Å². The first-order valence-electron chi connectivity index (χ1n) is 5.15. The first kappa shape index (κ1) is 15.7. The Kier molecular flexibility index (Phi) is 6.19. The number of ether oxygens (including phenoxy) is 2. The fraction of sp³-hybridized carbons (Fsp3) is 0.364. The predicted molar refractivity (Wildman–Crippen MR) is 64.5 cm³/mol. The van der Waals surface area contributed by atoms with Gasteiger partial charge in [0.1, 0.15) is 0 Å². The number of carboxylic acid groups (broad SMARTS) is 1. The number of carboxylic acids is 1. The molecule has 0 amide bonds. The van der Waals surface area contributed by atoms with Crippen LogP contribution >= 0.6 is 0 Å². The number of methoxy groups -OCH3 is 2. The predicted octanol–water partition coefficient (Wildman–Crippen LogP) is 2.34. The number of nitrogens with zero attached hydrogens (tertiary/aromatic N) is 1. The van der Waals surface area contributed by atoms with Crippen molar-refractivity contribution in [3.8, 4) is 11.5 Å². The van der Waals surface area contributed by atoms with Crippen molar-refractivity contribution in [2.75, 3.05) is 14.2 Å². The number of nitro groups is 1. The molecule has 1 N–H and O–H groups in total. The first-order valence-corrected chi connectivity index (χ1v) is 5.15. The minimum absolute atomic E-state index is 0.00843. The van der Waals surface area contributed by atoms with Crippen molar-refractivity contribution in [1.82, 2.24) is 0 Å². The van der Waals surface area contributed by atoms with Gasteiger partial charge in [-0.2, -0.15) is 0 Å². The molecule has 18 heavy (non-hydrogen) atoms. The second kappa shape index (κ2) is 7.10. The summed E-state index contributed by atoms with van der Waals surface area (Å²) < 4.78 is 9.63. The number of benzene rings is 1. The number of carbonyl (C=O) groups is 1. The monoisotopic (exact) mass is 257 g/mol. The molecule has 0 radical (unpaired) electrons. The summed E-state index contributed by atoms with van der Waals surface area (Å²) in [4.78, 5) is 20.7. The fourth-order valence-corrected chi connectivity index (χ4v) is 1.20. The van der Waals surface area contributed by atoms with E-state index in [4.69, 9.17) is 14.6 Å². The summed E-state index contributed by atoms with van der Waals surface area (Å²) in [6, 6.07) is 2.08. The van der Waals surface area contributed by atoms with Gasteiger partial charge < -0.3 is 14.6 Å². The van der Waals surface area contributed by atoms with Crippen LogP contribution in [0.25, 0.3) is 0 Å². The number of nitro benzene ring substituents is 1. The first-order chi connectivity index (χ1) is 8.51. The lowest BCUT2D eigenvalue weighted by molar-refractivity contribution is -0.385. The Morgan fingerprint density at radius 3 is 2.17 bits per heavy atom. The molecule has 0 aliphatic carbocycles. The van der Waals surface area contributed by atoms with E-state index in [9.17, 15) is 14.9 Å². The molecule has 1 rings (SSSR count). The lowest BCUT2D eigenvalue weighted by Crippen LogP contribution is -2.02. The average molecular weight is 257 g/mol. The Balaban J connectivity index is 0.00000137. The molecule has 100 valence electrons. The third kappa shape index (κ3) is 3.34. The summed E-state index contributed by atoms with van der Waals surface area (Å²) in [5.41, 5.74) is -0.677. The maximum atomic E-state index is 10.7. The Bertz CT molecular complexity index is 443. The molecule has 0 aliphatic rings. The molecule has 1 aromatic rings. The number of aromatic carboxylic acids is 1. The molecule has 0 fully saturated rings. The van der Waals surface area contributed by atoms with Crippen molar-refractivity contribution in [1.29, 1.82) is 0 Å². The molecule has 0 heterocycles. The molecular formula is C11H15NO6. The third-order valence-electron chi connectivity index (χ3n) is 1.90. The van der Waals surface area contributed by atoms with Gasteiger partial charge in [0.15, 0.2) is 5.75 Å². The molecule has 7 nitrogen and oxygen atoms in total. The summed E-state index contributed by atoms with van der Waals surface area (Å²) >= 11 is 0. The zero-order valence-electron chi connectivity index (χ0n) is 10.6. The van der Waals surface area contributed by atoms with Crippen LogP contribution in [0.4, 0.5) is 5.69 Å². The van der Waals surface area contributed by atoms with Crippen molar-refractivity contribution in [3.63, 3.8) is 0 Å². The van der Waals surface area contributed by atoms with Gasteiger partial charge in [-0.15, -0.1) is 0 Å². The smallest absolute Gasteiger partial charge is 0.336 e. The molecule has 1 aromatic carbocycles. The summed E-state index contributed by atoms with van der Waals surface area (Å²) in [6.07, 6.45) is 0. The van der Waals surface area contributed by atoms with Gasteiger partial charge in [0.05, 0.1) is 24.7 Å². The quantitative estimate of drug-likeness (QED) is 0.656. The molecule has 0 aromatic heterocycles. The van der Waals surface area contributed by atoms with Crippen LogP contribution in [0.15, 0.2) is 12.1 Å². The normalized spacial score (nSPS) is 8.89. The molecular weight excluding hydrogens is 242 g/mol. The second-order valence-corrected chi connectivity index (χ2v) is 2.79. The van der Waals surface area contributed by atoms with E-state index < -0.39 is 16.6 Å². The third-order valence-corrected chi connectivity index (χ3v) is 1.90. The van der Waals surface area contributed by atoms with Gasteiger partial charge in [0.25, 0.3) is 0 Å². The Labute approximate surface area is 104 Å². The van der Waals surface area contributed by atoms with Gasteiger partial charge in [0, 0.05) is 6.07 Å². The second-order valence-electron chi connectivity index (χ2n) is 2.79. The van der Waals surface area contributed by atoms with Crippen molar-refractivity contribution in [2.45, 2.75) is 13.8 Å². The Morgan fingerprint density at radius 1 is 1.28 bits per heavy atom. The summed E-state index contributed by atoms with van der Waals surface area (Å²) in [5.74, 6) is -1.37. The zero-order chi connectivity index (χ0) is 14.3. The lowest BCUT2D eigenvalue weighted by atomic mass is 10.1. The molecule has 0 saturated carbocycles. The van der Waals surface area contributed by atoms with Gasteiger partial charge in [-0.1, -0.05) is 13.8 Å². The van der Waals surface area contributed by atoms with Gasteiger partial charge in [-0.3, -0.25) is 10.1 Å². The van der Waals surface area contributed by atoms with Crippen LogP contribution < -0.4 is 9.47 Å². The van der Waals surface area contributed by atoms with Gasteiger partial charge >= 0.3 is 11.7 Å². The number of rotatable bonds is 4. The molecule has 7 heteroatoms. The zero-order valence-corrected chi connectivity index (χ0v) is 10.6. The highest BCUT2D eigenvalue weighted by atomic mass is 16.6. The van der Waals surface area contributed by atoms with E-state index in [0.717, 1.165) is 12.1 Å². The Morgan fingerprint density at radius 2 is 1.83 bits per heavy atom. The van der Waals surface area contributed by atoms with Crippen LogP contribution in [0.2, 0.25) is 0 Å². The van der Waals surface area contributed by atoms with Crippen LogP contribution in [0.5, 0.6) is 11.5 Å². The number of hydrogen-bond acceptors (Lipinski definition) is 5. The van der Waals surface area contributed by atoms with E-state index in [1.54, 1.807) is 0 Å². The summed E-state index contributed by atoms with van der Waals surface area (Å²) in [5, 5.41) is 19.5. The maximum Gasteiger partial charge on any atom is 0.336 e. The fourth-order valence-electron chi connectivity index (χ4n) is 1.20. The van der Waals surface area contributed by atoms with Crippen LogP contribution in [0.1, 0.15) is 24.2 Å². The topological polar surface area (TPSA) is 98.9 Å². The van der Waals surface area contributed by atoms with E-state index in [2.05, 4.69) is 0 Å². The van der Waals surface area contributed by atoms with Crippen molar-refractivity contribution in [3.05, 3.63) is 27.8 Å². The highest BCUT2D eigenvalue weighted by Gasteiger charge is 2.23. The summed E-state index contributed by atoms with van der Waals surface area (Å²) in [7, 11) is 2.51. The molecule has 0 aliphatic heterocycles. The van der Waals surface area contributed by atoms with Crippen LogP contribution in [0, 0.1) is 10.1 Å². The van der Waals surface area contributed by atoms with E-state index in [1.165, 1.54) is 14.2 Å². The standard InChI is InChI=1S/C9H9NO6.C2H6/c1-15-7-4-5(9(11)12)3-6(10(13)14)8(7)16-2;1-2/h3-4H,1-2H3,(H,11,12);1-2H3. The SMILES string of the molecule is CC.COc1cc(C(=O)O)cc([N+](=O)[O-])c1OC. The molecule has 0 bridgehead atoms. The van der Waals surface area contributed by atoms with Gasteiger partial charge in [-0.25, -0.2) is 4.79 Å². The van der Waals surface area contributed by atoms with Gasteiger partial charge in [0.2, 0.25) is 5.75 Å². The number of hydrogen-bond donors (Lipinski definition) is 1. The van der Waals surface area contributed by atoms with E-state index in [0.29, 0.717) is 0 Å². The Hall–Kier alpha value is -2.31. The van der Waals surface area contributed by atoms with Crippen molar-refractivity contribution in [2.24, 2.45) is 0 Å². The molecule has 0 saturated heterocycles. The van der Waals surface area contributed by atoms with Gasteiger partial charge in [-0.05, 0) is 6.07 Å². The summed E-state index contributed by atoms with van der Waals surface area (Å²) in [6.45, 7) is 4.00. The highest BCUT2D eigenvalue weighted by Crippen LogP contribution is 2.37. The minimum atomic E-state index is -1.27. The maximum absolute atomic E-state index is 10.7. The van der Waals surface area contributed by atoms with Crippen LogP contribution in [-0.4, -0.2) is 30.2 Å². The minimum Gasteiger partial charge on any atom is -0.493 e. The van der Waals surface area contributed by atoms with Crippen LogP contribution in [-0.2, 0) is 0 Å². The van der Waals surface area contributed by atoms with E-state index >= 15 is 0 Å². The largest absolute Gasteiger partial charge is 0.493 e. The van der Waals surface area contributed by atoms with Crippen LogP contribution in [0.3, 0.4) is 0 Å². The van der Waals surface area contributed by atoms with E-state index in [1.807, 2.05) is 13.8 Å². The molecule has 0 atom stereocenters. The highest BCUT2D eigenvalue weighted by molar-refractivity contribution is 5.90. The lowest BCUT2D eigenvalue weighted by Gasteiger charge is -2.08. The average Bonchev–Trinajstić information content (AvgIpc) is 2.38. The van der Waals surface area contributed by atoms with Crippen molar-refractivity contribution >= 4 is 11.7 Å². The molecule has 0 unspecified atom stereocenters. The van der Waals surface area contributed by atoms with E-state index in [-0.39, 0.29) is 17.1 Å². The molecule has 0 spiro atoms.